The van der Waals surface area contributed by atoms with Crippen molar-refractivity contribution in [3.05, 3.63) is 97.2 Å². The van der Waals surface area contributed by atoms with Crippen LogP contribution in [0.4, 0.5) is 0 Å². The molecular formula is C67H114O6. The fourth-order valence-electron chi connectivity index (χ4n) is 8.46. The lowest BCUT2D eigenvalue weighted by molar-refractivity contribution is -0.166. The van der Waals surface area contributed by atoms with Crippen molar-refractivity contribution < 1.29 is 28.6 Å². The summed E-state index contributed by atoms with van der Waals surface area (Å²) in [6.45, 7) is 6.47. The van der Waals surface area contributed by atoms with E-state index in [0.717, 1.165) is 89.9 Å². The number of carbonyl (C=O) groups is 3. The largest absolute Gasteiger partial charge is 0.462 e. The minimum Gasteiger partial charge on any atom is -0.462 e. The van der Waals surface area contributed by atoms with Crippen molar-refractivity contribution in [2.24, 2.45) is 0 Å². The third kappa shape index (κ3) is 59.1. The van der Waals surface area contributed by atoms with Crippen molar-refractivity contribution >= 4 is 17.9 Å². The molecule has 0 aromatic rings. The van der Waals surface area contributed by atoms with Crippen LogP contribution in [0.25, 0.3) is 0 Å². The van der Waals surface area contributed by atoms with Gasteiger partial charge in [0, 0.05) is 19.3 Å². The van der Waals surface area contributed by atoms with Crippen molar-refractivity contribution in [3.8, 4) is 0 Å². The van der Waals surface area contributed by atoms with E-state index in [0.29, 0.717) is 19.3 Å². The van der Waals surface area contributed by atoms with Gasteiger partial charge in [-0.2, -0.15) is 0 Å². The lowest BCUT2D eigenvalue weighted by Crippen LogP contribution is -2.30. The van der Waals surface area contributed by atoms with Gasteiger partial charge in [0.05, 0.1) is 0 Å². The molecule has 0 spiro atoms. The molecule has 0 heterocycles. The fourth-order valence-corrected chi connectivity index (χ4v) is 8.46. The molecular weight excluding hydrogens is 901 g/mol. The van der Waals surface area contributed by atoms with Crippen LogP contribution in [0.15, 0.2) is 97.2 Å². The monoisotopic (exact) mass is 1010 g/mol. The minimum atomic E-state index is -0.823. The second-order valence-electron chi connectivity index (χ2n) is 20.2. The van der Waals surface area contributed by atoms with Crippen LogP contribution in [0.1, 0.15) is 290 Å². The van der Waals surface area contributed by atoms with Crippen molar-refractivity contribution in [1.82, 2.24) is 0 Å². The molecule has 0 fully saturated rings. The molecule has 0 unspecified atom stereocenters. The van der Waals surface area contributed by atoms with Crippen LogP contribution in [0.5, 0.6) is 0 Å². The molecule has 0 amide bonds. The molecule has 0 N–H and O–H groups in total. The molecule has 6 nitrogen and oxygen atoms in total. The summed E-state index contributed by atoms with van der Waals surface area (Å²) < 4.78 is 16.8. The highest BCUT2D eigenvalue weighted by atomic mass is 16.6. The third-order valence-corrected chi connectivity index (χ3v) is 13.1. The Morgan fingerprint density at radius 1 is 0.288 bits per heavy atom. The number of ether oxygens (including phenoxy) is 3. The van der Waals surface area contributed by atoms with E-state index in [-0.39, 0.29) is 31.6 Å². The highest BCUT2D eigenvalue weighted by molar-refractivity contribution is 5.71. The van der Waals surface area contributed by atoms with E-state index in [9.17, 15) is 14.4 Å². The maximum Gasteiger partial charge on any atom is 0.306 e. The smallest absolute Gasteiger partial charge is 0.306 e. The molecule has 0 saturated carbocycles. The SMILES string of the molecule is CC/C=C\C/C=C\C/C=C\C/C=C\C/C=C\C/C=C\CCC(=O)O[C@@H](COC(=O)CCCCCCC/C=C\CCCCCCCC)COC(=O)CCCCCCCCCCCCC/C=C\CCCCCCCC. The Morgan fingerprint density at radius 3 is 0.890 bits per heavy atom. The molecule has 0 bridgehead atoms. The second kappa shape index (κ2) is 60.9. The van der Waals surface area contributed by atoms with Gasteiger partial charge in [-0.1, -0.05) is 259 Å². The van der Waals surface area contributed by atoms with E-state index in [1.165, 1.54) is 154 Å². The Labute approximate surface area is 451 Å². The average Bonchev–Trinajstić information content (AvgIpc) is 3.39. The summed E-state index contributed by atoms with van der Waals surface area (Å²) in [7, 11) is 0. The highest BCUT2D eigenvalue weighted by Gasteiger charge is 2.19. The Bertz CT molecular complexity index is 1440. The molecule has 73 heavy (non-hydrogen) atoms. The lowest BCUT2D eigenvalue weighted by atomic mass is 10.0. The topological polar surface area (TPSA) is 78.9 Å². The number of hydrogen-bond acceptors (Lipinski definition) is 6. The Morgan fingerprint density at radius 2 is 0.562 bits per heavy atom. The van der Waals surface area contributed by atoms with Crippen LogP contribution in [0.3, 0.4) is 0 Å². The van der Waals surface area contributed by atoms with Crippen molar-refractivity contribution in [2.45, 2.75) is 297 Å². The van der Waals surface area contributed by atoms with E-state index in [1.807, 2.05) is 6.08 Å². The Kier molecular flexibility index (Phi) is 57.8. The maximum atomic E-state index is 12.9. The Balaban J connectivity index is 4.47. The number of rotatable bonds is 55. The molecule has 0 radical (unpaired) electrons. The average molecular weight is 1020 g/mol. The zero-order chi connectivity index (χ0) is 52.9. The molecule has 0 aromatic heterocycles. The maximum absolute atomic E-state index is 12.9. The van der Waals surface area contributed by atoms with Gasteiger partial charge in [0.2, 0.25) is 0 Å². The fraction of sp³-hybridized carbons (Fsp3) is 0.716. The molecule has 0 aliphatic heterocycles. The summed E-state index contributed by atoms with van der Waals surface area (Å²) in [5, 5.41) is 0. The normalized spacial score (nSPS) is 12.8. The summed E-state index contributed by atoms with van der Waals surface area (Å²) in [4.78, 5) is 38.2. The van der Waals surface area contributed by atoms with E-state index < -0.39 is 12.1 Å². The van der Waals surface area contributed by atoms with Gasteiger partial charge in [-0.15, -0.1) is 0 Å². The zero-order valence-corrected chi connectivity index (χ0v) is 47.9. The molecule has 0 aliphatic carbocycles. The van der Waals surface area contributed by atoms with Crippen LogP contribution < -0.4 is 0 Å². The van der Waals surface area contributed by atoms with E-state index in [1.54, 1.807) is 0 Å². The number of carbonyl (C=O) groups excluding carboxylic acids is 3. The quantitative estimate of drug-likeness (QED) is 0.0261. The van der Waals surface area contributed by atoms with Gasteiger partial charge in [-0.05, 0) is 109 Å². The summed E-state index contributed by atoms with van der Waals surface area (Å²) in [5.74, 6) is -0.997. The number of allylic oxidation sites excluding steroid dienone is 16. The predicted octanol–water partition coefficient (Wildman–Crippen LogP) is 20.9. The molecule has 0 saturated heterocycles. The van der Waals surface area contributed by atoms with Gasteiger partial charge < -0.3 is 14.2 Å². The zero-order valence-electron chi connectivity index (χ0n) is 47.9. The van der Waals surface area contributed by atoms with Gasteiger partial charge in [-0.3, -0.25) is 14.4 Å². The first-order valence-corrected chi connectivity index (χ1v) is 30.7. The number of esters is 3. The van der Waals surface area contributed by atoms with Crippen LogP contribution in [-0.2, 0) is 28.6 Å². The van der Waals surface area contributed by atoms with Gasteiger partial charge in [0.25, 0.3) is 0 Å². The van der Waals surface area contributed by atoms with Crippen LogP contribution in [0.2, 0.25) is 0 Å². The second-order valence-corrected chi connectivity index (χ2v) is 20.2. The standard InChI is InChI=1S/C67H114O6/c1-4-7-10-13-16-19-22-25-28-30-32-33-35-36-39-42-45-48-51-54-57-60-66(69)72-63-64(62-71-65(68)59-56-53-50-47-44-41-38-27-24-21-18-15-12-9-6-3)73-67(70)61-58-55-52-49-46-43-40-37-34-31-29-26-23-20-17-14-11-8-5-2/h8,11,17,20,25-29,34,37-38,43,46,52,55,64H,4-7,9-10,12-16,18-19,21-24,30-33,35-36,39-42,44-45,47-51,53-54,56-63H2,1-3H3/b11-8-,20-17-,28-25-,29-26-,37-34-,38-27-,46-43-,55-52-/t64-/m0/s1. The number of hydrogen-bond donors (Lipinski definition) is 0. The molecule has 6 heteroatoms. The highest BCUT2D eigenvalue weighted by Crippen LogP contribution is 2.15. The molecule has 418 valence electrons. The number of unbranched alkanes of at least 4 members (excludes halogenated alkanes) is 28. The summed E-state index contributed by atoms with van der Waals surface area (Å²) in [6.07, 6.45) is 81.3. The summed E-state index contributed by atoms with van der Waals surface area (Å²) in [5.41, 5.74) is 0. The molecule has 0 aliphatic rings. The van der Waals surface area contributed by atoms with Gasteiger partial charge in [0.1, 0.15) is 13.2 Å². The van der Waals surface area contributed by atoms with Gasteiger partial charge in [-0.25, -0.2) is 0 Å². The van der Waals surface area contributed by atoms with E-state index in [4.69, 9.17) is 14.2 Å². The van der Waals surface area contributed by atoms with Crippen LogP contribution >= 0.6 is 0 Å². The first-order chi connectivity index (χ1) is 36.0. The van der Waals surface area contributed by atoms with Crippen molar-refractivity contribution in [1.29, 1.82) is 0 Å². The van der Waals surface area contributed by atoms with E-state index >= 15 is 0 Å². The van der Waals surface area contributed by atoms with E-state index in [2.05, 4.69) is 112 Å². The molecule has 0 rings (SSSR count). The lowest BCUT2D eigenvalue weighted by Gasteiger charge is -2.18. The van der Waals surface area contributed by atoms with Gasteiger partial charge >= 0.3 is 17.9 Å². The first kappa shape index (κ1) is 69.3. The minimum absolute atomic E-state index is 0.110. The van der Waals surface area contributed by atoms with Gasteiger partial charge in [0.15, 0.2) is 6.10 Å². The van der Waals surface area contributed by atoms with Crippen molar-refractivity contribution in [3.63, 3.8) is 0 Å². The Hall–Kier alpha value is -3.67. The van der Waals surface area contributed by atoms with Crippen molar-refractivity contribution in [2.75, 3.05) is 13.2 Å². The van der Waals surface area contributed by atoms with Crippen LogP contribution in [-0.4, -0.2) is 37.2 Å². The summed E-state index contributed by atoms with van der Waals surface area (Å²) in [6, 6.07) is 0. The summed E-state index contributed by atoms with van der Waals surface area (Å²) >= 11 is 0. The third-order valence-electron chi connectivity index (χ3n) is 13.1. The molecule has 1 atom stereocenters. The molecule has 0 aromatic carbocycles. The predicted molar refractivity (Wildman–Crippen MR) is 316 cm³/mol. The van der Waals surface area contributed by atoms with Crippen LogP contribution in [0, 0.1) is 0 Å². The first-order valence-electron chi connectivity index (χ1n) is 30.7.